The molecule has 3 N–H and O–H groups in total. The SMILES string of the molecule is CCNC(=NCCCN1CCCC1C(=O)N(C)C)NC1CCC(O)CC1. The molecule has 1 heterocycles. The molecule has 0 bridgehead atoms. The number of hydrogen-bond donors (Lipinski definition) is 3. The second-order valence-electron chi connectivity index (χ2n) is 7.69. The van der Waals surface area contributed by atoms with Crippen LogP contribution in [0.5, 0.6) is 0 Å². The summed E-state index contributed by atoms with van der Waals surface area (Å²) in [6.07, 6.45) is 6.62. The van der Waals surface area contributed by atoms with E-state index in [0.717, 1.165) is 77.1 Å². The Morgan fingerprint density at radius 3 is 2.62 bits per heavy atom. The average Bonchev–Trinajstić information content (AvgIpc) is 3.08. The highest BCUT2D eigenvalue weighted by Gasteiger charge is 2.31. The molecule has 1 saturated heterocycles. The van der Waals surface area contributed by atoms with Gasteiger partial charge >= 0.3 is 0 Å². The molecule has 0 aromatic rings. The molecule has 1 aliphatic heterocycles. The largest absolute Gasteiger partial charge is 0.393 e. The van der Waals surface area contributed by atoms with Crippen molar-refractivity contribution in [2.45, 2.75) is 70.1 Å². The van der Waals surface area contributed by atoms with Crippen molar-refractivity contribution < 1.29 is 9.90 Å². The summed E-state index contributed by atoms with van der Waals surface area (Å²) in [5.74, 6) is 1.09. The van der Waals surface area contributed by atoms with Crippen molar-refractivity contribution in [1.82, 2.24) is 20.4 Å². The van der Waals surface area contributed by atoms with Crippen LogP contribution in [0.15, 0.2) is 4.99 Å². The van der Waals surface area contributed by atoms with Crippen molar-refractivity contribution in [1.29, 1.82) is 0 Å². The number of guanidine groups is 1. The number of aliphatic imine (C=N–C) groups is 1. The van der Waals surface area contributed by atoms with Gasteiger partial charge in [0.1, 0.15) is 0 Å². The molecule has 0 radical (unpaired) electrons. The smallest absolute Gasteiger partial charge is 0.239 e. The van der Waals surface area contributed by atoms with Crippen LogP contribution in [-0.4, -0.2) is 85.2 Å². The lowest BCUT2D eigenvalue weighted by atomic mass is 9.93. The maximum absolute atomic E-state index is 12.2. The van der Waals surface area contributed by atoms with Gasteiger partial charge in [0.15, 0.2) is 5.96 Å². The summed E-state index contributed by atoms with van der Waals surface area (Å²) in [5.41, 5.74) is 0. The third-order valence-electron chi connectivity index (χ3n) is 5.34. The van der Waals surface area contributed by atoms with Crippen molar-refractivity contribution in [3.05, 3.63) is 0 Å². The molecule has 7 heteroatoms. The van der Waals surface area contributed by atoms with Gasteiger partial charge in [-0.25, -0.2) is 0 Å². The van der Waals surface area contributed by atoms with E-state index in [1.54, 1.807) is 4.90 Å². The van der Waals surface area contributed by atoms with E-state index in [-0.39, 0.29) is 18.1 Å². The molecule has 1 amide bonds. The molecule has 2 rings (SSSR count). The number of aliphatic hydroxyl groups is 1. The fraction of sp³-hybridized carbons (Fsp3) is 0.895. The Bertz CT molecular complexity index is 461. The first-order valence-corrected chi connectivity index (χ1v) is 10.2. The molecule has 0 aromatic carbocycles. The Morgan fingerprint density at radius 2 is 1.96 bits per heavy atom. The van der Waals surface area contributed by atoms with E-state index in [0.29, 0.717) is 6.04 Å². The van der Waals surface area contributed by atoms with Gasteiger partial charge < -0.3 is 20.6 Å². The van der Waals surface area contributed by atoms with Gasteiger partial charge in [-0.05, 0) is 58.4 Å². The summed E-state index contributed by atoms with van der Waals surface area (Å²) < 4.78 is 0. The van der Waals surface area contributed by atoms with E-state index in [4.69, 9.17) is 4.99 Å². The number of carbonyl (C=O) groups is 1. The normalized spacial score (nSPS) is 27.4. The maximum atomic E-state index is 12.2. The van der Waals surface area contributed by atoms with E-state index < -0.39 is 0 Å². The number of amides is 1. The number of nitrogens with zero attached hydrogens (tertiary/aromatic N) is 3. The van der Waals surface area contributed by atoms with Gasteiger partial charge in [0.05, 0.1) is 12.1 Å². The fourth-order valence-corrected chi connectivity index (χ4v) is 3.87. The zero-order valence-electron chi connectivity index (χ0n) is 16.7. The summed E-state index contributed by atoms with van der Waals surface area (Å²) in [4.78, 5) is 21.0. The minimum Gasteiger partial charge on any atom is -0.393 e. The lowest BCUT2D eigenvalue weighted by Gasteiger charge is -2.28. The highest BCUT2D eigenvalue weighted by Crippen LogP contribution is 2.19. The van der Waals surface area contributed by atoms with E-state index in [9.17, 15) is 9.90 Å². The molecule has 2 aliphatic rings. The quantitative estimate of drug-likeness (QED) is 0.352. The minimum atomic E-state index is -0.133. The zero-order valence-corrected chi connectivity index (χ0v) is 16.7. The molecule has 0 spiro atoms. The van der Waals surface area contributed by atoms with Gasteiger partial charge in [-0.1, -0.05) is 0 Å². The fourth-order valence-electron chi connectivity index (χ4n) is 3.87. The maximum Gasteiger partial charge on any atom is 0.239 e. The topological polar surface area (TPSA) is 80.2 Å². The standard InChI is InChI=1S/C19H37N5O2/c1-4-20-19(22-15-8-10-16(25)11-9-15)21-12-6-14-24-13-5-7-17(24)18(26)23(2)3/h15-17,25H,4-14H2,1-3H3,(H2,20,21,22). The molecule has 1 saturated carbocycles. The summed E-state index contributed by atoms with van der Waals surface area (Å²) in [5, 5.41) is 16.4. The van der Waals surface area contributed by atoms with Crippen LogP contribution < -0.4 is 10.6 Å². The Balaban J connectivity index is 1.76. The second kappa shape index (κ2) is 10.7. The van der Waals surface area contributed by atoms with E-state index >= 15 is 0 Å². The van der Waals surface area contributed by atoms with Gasteiger partial charge in [0.2, 0.25) is 5.91 Å². The molecule has 1 atom stereocenters. The average molecular weight is 368 g/mol. The Labute approximate surface area is 158 Å². The third-order valence-corrected chi connectivity index (χ3v) is 5.34. The van der Waals surface area contributed by atoms with Gasteiger partial charge in [0, 0.05) is 39.8 Å². The van der Waals surface area contributed by atoms with Crippen molar-refractivity contribution in [3.63, 3.8) is 0 Å². The lowest BCUT2D eigenvalue weighted by Crippen LogP contribution is -2.45. The molecule has 26 heavy (non-hydrogen) atoms. The van der Waals surface area contributed by atoms with Gasteiger partial charge in [-0.15, -0.1) is 0 Å². The van der Waals surface area contributed by atoms with Crippen molar-refractivity contribution >= 4 is 11.9 Å². The Morgan fingerprint density at radius 1 is 1.23 bits per heavy atom. The lowest BCUT2D eigenvalue weighted by molar-refractivity contribution is -0.133. The first-order valence-electron chi connectivity index (χ1n) is 10.2. The van der Waals surface area contributed by atoms with Gasteiger partial charge in [-0.2, -0.15) is 0 Å². The van der Waals surface area contributed by atoms with Crippen molar-refractivity contribution in [2.75, 3.05) is 40.3 Å². The summed E-state index contributed by atoms with van der Waals surface area (Å²) >= 11 is 0. The van der Waals surface area contributed by atoms with Crippen LogP contribution in [0.25, 0.3) is 0 Å². The molecule has 0 aromatic heterocycles. The van der Waals surface area contributed by atoms with Crippen LogP contribution in [-0.2, 0) is 4.79 Å². The van der Waals surface area contributed by atoms with Crippen LogP contribution in [0, 0.1) is 0 Å². The molecule has 1 aliphatic carbocycles. The number of rotatable bonds is 7. The van der Waals surface area contributed by atoms with Crippen molar-refractivity contribution in [2.24, 2.45) is 4.99 Å². The van der Waals surface area contributed by atoms with Crippen LogP contribution in [0.4, 0.5) is 0 Å². The zero-order chi connectivity index (χ0) is 18.9. The highest BCUT2D eigenvalue weighted by molar-refractivity contribution is 5.81. The minimum absolute atomic E-state index is 0.0500. The number of carbonyl (C=O) groups excluding carboxylic acids is 1. The monoisotopic (exact) mass is 367 g/mol. The van der Waals surface area contributed by atoms with Crippen LogP contribution in [0.1, 0.15) is 51.9 Å². The van der Waals surface area contributed by atoms with E-state index in [1.165, 1.54) is 0 Å². The number of likely N-dealkylation sites (N-methyl/N-ethyl adjacent to an activating group) is 1. The second-order valence-corrected chi connectivity index (χ2v) is 7.69. The van der Waals surface area contributed by atoms with Gasteiger partial charge in [-0.3, -0.25) is 14.7 Å². The highest BCUT2D eigenvalue weighted by atomic mass is 16.3. The molecule has 150 valence electrons. The Hall–Kier alpha value is -1.34. The van der Waals surface area contributed by atoms with Crippen LogP contribution in [0.3, 0.4) is 0 Å². The van der Waals surface area contributed by atoms with E-state index in [2.05, 4.69) is 22.5 Å². The first kappa shape index (κ1) is 21.0. The molecule has 2 fully saturated rings. The van der Waals surface area contributed by atoms with Gasteiger partial charge in [0.25, 0.3) is 0 Å². The van der Waals surface area contributed by atoms with Crippen LogP contribution in [0.2, 0.25) is 0 Å². The van der Waals surface area contributed by atoms with E-state index in [1.807, 2.05) is 14.1 Å². The van der Waals surface area contributed by atoms with Crippen molar-refractivity contribution in [3.8, 4) is 0 Å². The summed E-state index contributed by atoms with van der Waals surface area (Å²) in [6, 6.07) is 0.450. The predicted molar refractivity (Wildman–Crippen MR) is 105 cm³/mol. The molecular formula is C19H37N5O2. The molecule has 7 nitrogen and oxygen atoms in total. The predicted octanol–water partition coefficient (Wildman–Crippen LogP) is 0.788. The van der Waals surface area contributed by atoms with Crippen LogP contribution >= 0.6 is 0 Å². The number of nitrogens with one attached hydrogen (secondary N) is 2. The number of hydrogen-bond acceptors (Lipinski definition) is 4. The molecular weight excluding hydrogens is 330 g/mol. The molecule has 1 unspecified atom stereocenters. The summed E-state index contributed by atoms with van der Waals surface area (Å²) in [7, 11) is 3.67. The number of aliphatic hydroxyl groups excluding tert-OH is 1. The number of likely N-dealkylation sites (tertiary alicyclic amines) is 1. The third kappa shape index (κ3) is 6.43. The first-order chi connectivity index (χ1) is 12.5. The Kier molecular flexibility index (Phi) is 8.65. The summed E-state index contributed by atoms with van der Waals surface area (Å²) in [6.45, 7) is 5.60.